The average molecular weight is 529 g/mol. The van der Waals surface area contributed by atoms with Crippen molar-refractivity contribution < 1.29 is 23.2 Å². The van der Waals surface area contributed by atoms with E-state index in [9.17, 15) is 0 Å². The molecule has 0 saturated heterocycles. The molecule has 0 N–H and O–H groups in total. The van der Waals surface area contributed by atoms with Crippen molar-refractivity contribution in [3.8, 4) is 0 Å². The summed E-state index contributed by atoms with van der Waals surface area (Å²) in [5.41, 5.74) is 4.46. The number of allylic oxidation sites excluding steroid dienone is 4. The number of thiocarbonyl (C=S) groups is 1. The van der Waals surface area contributed by atoms with E-state index in [-0.39, 0.29) is 5.41 Å². The monoisotopic (exact) mass is 527 g/mol. The Labute approximate surface area is 211 Å². The Morgan fingerprint density at radius 2 is 1.29 bits per heavy atom. The van der Waals surface area contributed by atoms with Crippen LogP contribution in [0.2, 0.25) is 0 Å². The number of hydrogen-bond donors (Lipinski definition) is 0. The van der Waals surface area contributed by atoms with Crippen LogP contribution in [0.1, 0.15) is 48.5 Å². The third-order valence-corrected chi connectivity index (χ3v) is 11.0. The molecule has 3 rings (SSSR count). The van der Waals surface area contributed by atoms with E-state index in [1.54, 1.807) is 11.8 Å². The topological polar surface area (TPSA) is 3.24 Å². The Bertz CT molecular complexity index is 889. The van der Waals surface area contributed by atoms with Gasteiger partial charge in [-0.25, -0.2) is 0 Å². The Kier molecular flexibility index (Phi) is 10.5. The molecule has 31 heavy (non-hydrogen) atoms. The van der Waals surface area contributed by atoms with E-state index in [0.29, 0.717) is 0 Å². The van der Waals surface area contributed by atoms with E-state index in [1.807, 2.05) is 0 Å². The maximum absolute atomic E-state index is 5.58. The third-order valence-electron chi connectivity index (χ3n) is 6.02. The third kappa shape index (κ3) is 7.01. The molecule has 0 spiro atoms. The Balaban J connectivity index is 0.000000231. The van der Waals surface area contributed by atoms with Gasteiger partial charge < -0.3 is 4.90 Å². The zero-order valence-electron chi connectivity index (χ0n) is 20.0. The predicted molar refractivity (Wildman–Crippen MR) is 140 cm³/mol. The molecular weight excluding hydrogens is 494 g/mol. The second-order valence-corrected chi connectivity index (χ2v) is 13.3. The summed E-state index contributed by atoms with van der Waals surface area (Å²) in [7, 11) is 0. The molecule has 0 atom stereocenters. The molecular formula is C27H35NS2Zr. The van der Waals surface area contributed by atoms with Crippen molar-refractivity contribution in [1.82, 2.24) is 4.90 Å². The van der Waals surface area contributed by atoms with Crippen molar-refractivity contribution in [1.29, 1.82) is 0 Å². The average Bonchev–Trinajstić information content (AvgIpc) is 2.91. The van der Waals surface area contributed by atoms with Crippen molar-refractivity contribution in [2.45, 2.75) is 48.5 Å². The molecule has 164 valence electrons. The van der Waals surface area contributed by atoms with Crippen molar-refractivity contribution in [3.63, 3.8) is 0 Å². The normalized spacial score (nSPS) is 14.8. The first-order valence-corrected chi connectivity index (χ1v) is 14.6. The van der Waals surface area contributed by atoms with E-state index in [0.717, 1.165) is 17.4 Å². The molecule has 1 aliphatic carbocycles. The molecule has 0 unspecified atom stereocenters. The number of hydrogen-bond acceptors (Lipinski definition) is 2. The molecule has 1 nitrogen and oxygen atoms in total. The molecule has 4 heteroatoms. The fraction of sp³-hybridized carbons (Fsp3) is 0.370. The van der Waals surface area contributed by atoms with Gasteiger partial charge in [0, 0.05) is 23.4 Å². The molecule has 0 radical (unpaired) electrons. The van der Waals surface area contributed by atoms with Crippen LogP contribution in [-0.2, 0) is 23.2 Å². The van der Waals surface area contributed by atoms with Crippen molar-refractivity contribution in [2.75, 3.05) is 13.1 Å². The van der Waals surface area contributed by atoms with Gasteiger partial charge in [0.1, 0.15) is 4.32 Å². The molecule has 0 aromatic heterocycles. The van der Waals surface area contributed by atoms with Crippen LogP contribution in [0.5, 0.6) is 0 Å². The number of nitrogens with zero attached hydrogens (tertiary/aromatic N) is 1. The van der Waals surface area contributed by atoms with Gasteiger partial charge in [0.25, 0.3) is 0 Å². The molecule has 0 amide bonds. The summed E-state index contributed by atoms with van der Waals surface area (Å²) in [6.45, 7) is 17.6. The van der Waals surface area contributed by atoms with Gasteiger partial charge in [0.15, 0.2) is 0 Å². The van der Waals surface area contributed by atoms with E-state index >= 15 is 0 Å². The first kappa shape index (κ1) is 26.3. The fourth-order valence-corrected chi connectivity index (χ4v) is 7.98. The van der Waals surface area contributed by atoms with Gasteiger partial charge >= 0.3 is 90.4 Å². The van der Waals surface area contributed by atoms with E-state index in [1.165, 1.54) is 28.2 Å². The maximum atomic E-state index is 5.58. The second-order valence-electron chi connectivity index (χ2n) is 8.23. The molecule has 0 aliphatic heterocycles. The standard InChI is InChI=1S/C15H25NS2.2C6H5.Zr/c1-8-16(9-2)14(17)18-13-11(4)10(3)12(5)15(13,6)7;2*1-2-4-6-5-3-1;/h8-9H2,1-7H3;2*1-5H;. The van der Waals surface area contributed by atoms with E-state index in [2.05, 4.69) is 114 Å². The minimum atomic E-state index is -0.517. The van der Waals surface area contributed by atoms with Gasteiger partial charge in [0.2, 0.25) is 0 Å². The van der Waals surface area contributed by atoms with E-state index in [4.69, 9.17) is 12.2 Å². The molecule has 1 aliphatic rings. The summed E-state index contributed by atoms with van der Waals surface area (Å²) in [5, 5.41) is 0. The van der Waals surface area contributed by atoms with Crippen molar-refractivity contribution in [3.05, 3.63) is 82.3 Å². The molecule has 0 heterocycles. The number of rotatable bonds is 5. The van der Waals surface area contributed by atoms with Gasteiger partial charge in [-0.1, -0.05) is 43.4 Å². The first-order valence-electron chi connectivity index (χ1n) is 11.0. The zero-order valence-corrected chi connectivity index (χ0v) is 24.0. The fourth-order valence-electron chi connectivity index (χ4n) is 3.61. The molecule has 0 fully saturated rings. The number of thioether (sulfide) groups is 1. The quantitative estimate of drug-likeness (QED) is 0.397. The molecule has 0 bridgehead atoms. The van der Waals surface area contributed by atoms with Crippen LogP contribution < -0.4 is 6.54 Å². The minimum absolute atomic E-state index is 0.135. The van der Waals surface area contributed by atoms with Crippen molar-refractivity contribution >= 4 is 34.8 Å². The summed E-state index contributed by atoms with van der Waals surface area (Å²) < 4.78 is 4.08. The molecule has 0 saturated carbocycles. The van der Waals surface area contributed by atoms with Crippen LogP contribution in [0.25, 0.3) is 0 Å². The SMILES string of the molecule is CCN(CC)C(=S)SC1=C(C)C(C)=C(C)C1(C)C.c1cc[c]([Zr][c]2ccccc2)cc1. The summed E-state index contributed by atoms with van der Waals surface area (Å²) in [4.78, 5) is 3.67. The van der Waals surface area contributed by atoms with Gasteiger partial charge in [-0.3, -0.25) is 0 Å². The summed E-state index contributed by atoms with van der Waals surface area (Å²) in [6, 6.07) is 21.6. The van der Waals surface area contributed by atoms with Crippen LogP contribution in [0.15, 0.2) is 82.3 Å². The summed E-state index contributed by atoms with van der Waals surface area (Å²) in [5.74, 6) is 0. The predicted octanol–water partition coefficient (Wildman–Crippen LogP) is 6.72. The number of benzene rings is 2. The van der Waals surface area contributed by atoms with Crippen LogP contribution in [0.4, 0.5) is 0 Å². The van der Waals surface area contributed by atoms with Gasteiger partial charge in [-0.15, -0.1) is 0 Å². The second kappa shape index (κ2) is 12.3. The first-order chi connectivity index (χ1) is 14.7. The Morgan fingerprint density at radius 1 is 0.839 bits per heavy atom. The molecule has 2 aromatic rings. The molecule has 2 aromatic carbocycles. The Morgan fingerprint density at radius 3 is 1.65 bits per heavy atom. The zero-order chi connectivity index (χ0) is 23.0. The summed E-state index contributed by atoms with van der Waals surface area (Å²) >= 11 is 6.84. The van der Waals surface area contributed by atoms with E-state index < -0.39 is 23.2 Å². The van der Waals surface area contributed by atoms with Crippen LogP contribution >= 0.6 is 24.0 Å². The van der Waals surface area contributed by atoms with Gasteiger partial charge in [0.05, 0.1) is 0 Å². The van der Waals surface area contributed by atoms with Crippen LogP contribution in [0.3, 0.4) is 0 Å². The summed E-state index contributed by atoms with van der Waals surface area (Å²) in [6.07, 6.45) is 0. The van der Waals surface area contributed by atoms with Crippen LogP contribution in [0, 0.1) is 5.41 Å². The Hall–Kier alpha value is -0.957. The van der Waals surface area contributed by atoms with Crippen LogP contribution in [-0.4, -0.2) is 22.3 Å². The van der Waals surface area contributed by atoms with Gasteiger partial charge in [-0.2, -0.15) is 0 Å². The van der Waals surface area contributed by atoms with Gasteiger partial charge in [-0.05, 0) is 45.8 Å². The van der Waals surface area contributed by atoms with Crippen molar-refractivity contribution in [2.24, 2.45) is 5.41 Å².